The summed E-state index contributed by atoms with van der Waals surface area (Å²) < 4.78 is 29.1. The number of carbonyl (C=O) groups excluding carboxylic acids is 2. The van der Waals surface area contributed by atoms with Crippen molar-refractivity contribution < 1.29 is 33.5 Å². The van der Waals surface area contributed by atoms with Crippen molar-refractivity contribution in [2.24, 2.45) is 0 Å². The lowest BCUT2D eigenvalue weighted by Gasteiger charge is -2.21. The van der Waals surface area contributed by atoms with Crippen LogP contribution in [0, 0.1) is 13.8 Å². The van der Waals surface area contributed by atoms with Gasteiger partial charge in [-0.1, -0.05) is 26.0 Å². The number of esters is 2. The maximum absolute atomic E-state index is 13.4. The number of aryl methyl sites for hydroxylation is 2. The molecule has 0 aliphatic rings. The summed E-state index contributed by atoms with van der Waals surface area (Å²) in [5.41, 5.74) is 5.15. The Morgan fingerprint density at radius 1 is 0.946 bits per heavy atom. The molecule has 0 aromatic heterocycles. The lowest BCUT2D eigenvalue weighted by Crippen LogP contribution is -2.34. The minimum atomic E-state index is -3.50. The second kappa shape index (κ2) is 14.2. The van der Waals surface area contributed by atoms with E-state index in [9.17, 15) is 19.3 Å². The number of rotatable bonds is 14. The van der Waals surface area contributed by atoms with Crippen molar-refractivity contribution in [2.45, 2.75) is 53.9 Å². The van der Waals surface area contributed by atoms with Crippen molar-refractivity contribution >= 4 is 19.4 Å². The summed E-state index contributed by atoms with van der Waals surface area (Å²) in [5, 5.41) is 15.4. The normalized spacial score (nSPS) is 11.4. The molecule has 3 N–H and O–H groups in total. The van der Waals surface area contributed by atoms with E-state index in [4.69, 9.17) is 14.2 Å². The van der Waals surface area contributed by atoms with Crippen LogP contribution in [0.4, 0.5) is 0 Å². The van der Waals surface area contributed by atoms with Gasteiger partial charge in [-0.25, -0.2) is 10.2 Å². The van der Waals surface area contributed by atoms with E-state index in [2.05, 4.69) is 10.2 Å². The van der Waals surface area contributed by atoms with E-state index in [1.165, 1.54) is 0 Å². The molecule has 0 spiro atoms. The Hall–Kier alpha value is -2.87. The molecule has 9 nitrogen and oxygen atoms in total. The Bertz CT molecular complexity index is 1080. The largest absolute Gasteiger partial charge is 0.508 e. The zero-order valence-electron chi connectivity index (χ0n) is 22.6. The molecule has 0 fully saturated rings. The van der Waals surface area contributed by atoms with Crippen LogP contribution in [-0.2, 0) is 30.0 Å². The van der Waals surface area contributed by atoms with E-state index in [1.54, 1.807) is 19.9 Å². The van der Waals surface area contributed by atoms with Gasteiger partial charge >= 0.3 is 11.9 Å². The van der Waals surface area contributed by atoms with Gasteiger partial charge in [-0.2, -0.15) is 0 Å². The number of hydrogen-bond donors (Lipinski definition) is 3. The lowest BCUT2D eigenvalue weighted by molar-refractivity contribution is -0.142. The topological polar surface area (TPSA) is 123 Å². The van der Waals surface area contributed by atoms with E-state index in [0.29, 0.717) is 17.9 Å². The highest BCUT2D eigenvalue weighted by atomic mass is 31.2. The van der Waals surface area contributed by atoms with Crippen molar-refractivity contribution in [3.63, 3.8) is 0 Å². The average Bonchev–Trinajstić information content (AvgIpc) is 2.84. The van der Waals surface area contributed by atoms with Gasteiger partial charge in [0.1, 0.15) is 24.6 Å². The molecule has 0 aliphatic carbocycles. The van der Waals surface area contributed by atoms with Gasteiger partial charge in [0, 0.05) is 0 Å². The third-order valence-electron chi connectivity index (χ3n) is 5.75. The van der Waals surface area contributed by atoms with Gasteiger partial charge in [-0.15, -0.1) is 0 Å². The van der Waals surface area contributed by atoms with E-state index in [-0.39, 0.29) is 38.6 Å². The van der Waals surface area contributed by atoms with E-state index in [0.717, 1.165) is 27.8 Å². The summed E-state index contributed by atoms with van der Waals surface area (Å²) in [4.78, 5) is 23.6. The van der Waals surface area contributed by atoms with Crippen LogP contribution in [0.1, 0.15) is 61.4 Å². The monoisotopic (exact) mass is 534 g/mol. The molecular weight excluding hydrogens is 495 g/mol. The quantitative estimate of drug-likeness (QED) is 0.236. The second-order valence-corrected chi connectivity index (χ2v) is 11.4. The number of hydrogen-bond acceptors (Lipinski definition) is 7. The third kappa shape index (κ3) is 9.50. The minimum Gasteiger partial charge on any atom is -0.508 e. The first kappa shape index (κ1) is 30.4. The fourth-order valence-corrected chi connectivity index (χ4v) is 5.21. The summed E-state index contributed by atoms with van der Waals surface area (Å²) in [6.45, 7) is 11.2. The number of aromatic hydroxyl groups is 1. The third-order valence-corrected chi connectivity index (χ3v) is 7.58. The van der Waals surface area contributed by atoms with Crippen LogP contribution in [0.5, 0.6) is 11.5 Å². The highest BCUT2D eigenvalue weighted by molar-refractivity contribution is 7.59. The van der Waals surface area contributed by atoms with Crippen molar-refractivity contribution in [2.75, 3.05) is 32.7 Å². The number of ether oxygens (including phenoxy) is 3. The molecule has 0 aliphatic heterocycles. The fraction of sp³-hybridized carbons (Fsp3) is 0.481. The molecule has 0 bridgehead atoms. The standard InChI is InChI=1S/C27H39N2O7P/c1-7-34-26(31)15-28-37(33,29-16-27(32)35-8-2)17-36-22-11-19(5)24(20(6)12-22)14-21-9-10-25(30)23(13-21)18(3)4/h9-13,18,30H,7-8,14-17H2,1-6H3,(H2,28,29,33). The average molecular weight is 535 g/mol. The van der Waals surface area contributed by atoms with Gasteiger partial charge in [0.2, 0.25) is 7.44 Å². The van der Waals surface area contributed by atoms with Crippen LogP contribution in [0.15, 0.2) is 30.3 Å². The fourth-order valence-electron chi connectivity index (χ4n) is 3.82. The number of nitrogens with one attached hydrogen (secondary N) is 2. The second-order valence-electron chi connectivity index (χ2n) is 9.05. The summed E-state index contributed by atoms with van der Waals surface area (Å²) in [5.74, 6) is -0.0986. The molecule has 0 unspecified atom stereocenters. The Kier molecular flexibility index (Phi) is 11.6. The maximum Gasteiger partial charge on any atom is 0.320 e. The van der Waals surface area contributed by atoms with Gasteiger partial charge < -0.3 is 19.3 Å². The number of phenols is 1. The van der Waals surface area contributed by atoms with Crippen LogP contribution in [0.25, 0.3) is 0 Å². The van der Waals surface area contributed by atoms with E-state index < -0.39 is 19.4 Å². The SMILES string of the molecule is CCOC(=O)CNP(=O)(COc1cc(C)c(Cc2ccc(O)c(C(C)C)c2)c(C)c1)NCC(=O)OCC. The molecule has 0 amide bonds. The van der Waals surface area contributed by atoms with Crippen LogP contribution < -0.4 is 14.9 Å². The smallest absolute Gasteiger partial charge is 0.320 e. The Morgan fingerprint density at radius 2 is 1.49 bits per heavy atom. The molecule has 0 heterocycles. The van der Waals surface area contributed by atoms with Gasteiger partial charge in [0.15, 0.2) is 6.35 Å². The number of phenolic OH excluding ortho intramolecular Hbond substituents is 1. The van der Waals surface area contributed by atoms with Crippen LogP contribution >= 0.6 is 7.44 Å². The summed E-state index contributed by atoms with van der Waals surface area (Å²) in [7, 11) is -3.50. The molecule has 2 rings (SSSR count). The molecule has 0 saturated heterocycles. The maximum atomic E-state index is 13.4. The van der Waals surface area contributed by atoms with Crippen molar-refractivity contribution in [1.29, 1.82) is 0 Å². The molecule has 0 saturated carbocycles. The van der Waals surface area contributed by atoms with E-state index >= 15 is 0 Å². The predicted octanol–water partition coefficient (Wildman–Crippen LogP) is 4.56. The summed E-state index contributed by atoms with van der Waals surface area (Å²) in [6, 6.07) is 9.42. The lowest BCUT2D eigenvalue weighted by atomic mass is 9.93. The van der Waals surface area contributed by atoms with Crippen molar-refractivity contribution in [3.8, 4) is 11.5 Å². The Morgan fingerprint density at radius 3 is 1.97 bits per heavy atom. The first-order valence-electron chi connectivity index (χ1n) is 12.4. The van der Waals surface area contributed by atoms with Crippen LogP contribution in [-0.4, -0.2) is 49.7 Å². The van der Waals surface area contributed by atoms with Gasteiger partial charge in [-0.05, 0) is 86.1 Å². The molecule has 0 radical (unpaired) electrons. The van der Waals surface area contributed by atoms with Gasteiger partial charge in [0.25, 0.3) is 0 Å². The molecule has 2 aromatic carbocycles. The Balaban J connectivity index is 2.16. The number of carbonyl (C=O) groups is 2. The van der Waals surface area contributed by atoms with E-state index in [1.807, 2.05) is 52.0 Å². The number of benzene rings is 2. The molecule has 37 heavy (non-hydrogen) atoms. The molecular formula is C27H39N2O7P. The minimum absolute atomic E-state index is 0.200. The highest BCUT2D eigenvalue weighted by Gasteiger charge is 2.25. The molecule has 10 heteroatoms. The zero-order valence-corrected chi connectivity index (χ0v) is 23.4. The summed E-state index contributed by atoms with van der Waals surface area (Å²) in [6.07, 6.45) is 0.401. The first-order chi connectivity index (χ1) is 17.5. The van der Waals surface area contributed by atoms with Crippen LogP contribution in [0.2, 0.25) is 0 Å². The highest BCUT2D eigenvalue weighted by Crippen LogP contribution is 2.37. The molecule has 2 aromatic rings. The van der Waals surface area contributed by atoms with Gasteiger partial charge in [-0.3, -0.25) is 14.2 Å². The summed E-state index contributed by atoms with van der Waals surface area (Å²) >= 11 is 0. The van der Waals surface area contributed by atoms with Crippen molar-refractivity contribution in [1.82, 2.24) is 10.2 Å². The van der Waals surface area contributed by atoms with Crippen LogP contribution in [0.3, 0.4) is 0 Å². The Labute approximate surface area is 219 Å². The van der Waals surface area contributed by atoms with Gasteiger partial charge in [0.05, 0.1) is 13.2 Å². The van der Waals surface area contributed by atoms with Crippen molar-refractivity contribution in [3.05, 3.63) is 58.1 Å². The molecule has 204 valence electrons. The first-order valence-corrected chi connectivity index (χ1v) is 14.3. The predicted molar refractivity (Wildman–Crippen MR) is 143 cm³/mol. The zero-order chi connectivity index (χ0) is 27.6. The molecule has 0 atom stereocenters.